The molecule has 0 aromatic heterocycles. The van der Waals surface area contributed by atoms with Gasteiger partial charge in [0.25, 0.3) is 5.91 Å². The van der Waals surface area contributed by atoms with Crippen LogP contribution >= 0.6 is 0 Å². The summed E-state index contributed by atoms with van der Waals surface area (Å²) in [5, 5.41) is 2.74. The van der Waals surface area contributed by atoms with Crippen LogP contribution in [0.3, 0.4) is 0 Å². The molecule has 0 aliphatic carbocycles. The first-order valence-corrected chi connectivity index (χ1v) is 8.97. The number of carbonyl (C=O) groups excluding carboxylic acids is 2. The maximum atomic E-state index is 12.8. The molecule has 1 aromatic rings. The molecule has 1 atom stereocenters. The van der Waals surface area contributed by atoms with Crippen molar-refractivity contribution in [1.82, 2.24) is 5.32 Å². The number of nitrogens with zero attached hydrogens (tertiary/aromatic N) is 1. The van der Waals surface area contributed by atoms with Crippen molar-refractivity contribution < 1.29 is 21.9 Å². The van der Waals surface area contributed by atoms with Crippen LogP contribution in [0.15, 0.2) is 24.3 Å². The first-order chi connectivity index (χ1) is 10.8. The van der Waals surface area contributed by atoms with Crippen LogP contribution in [-0.2, 0) is 15.0 Å². The van der Waals surface area contributed by atoms with E-state index in [9.17, 15) is 21.9 Å². The van der Waals surface area contributed by atoms with Gasteiger partial charge >= 0.3 is 10.2 Å². The SMILES string of the molecule is CCCNC(=O)c1ccccc1N1CC(CS(=O)(=O)F)CC1=O. The number of carbonyl (C=O) groups is 2. The summed E-state index contributed by atoms with van der Waals surface area (Å²) in [6, 6.07) is 6.62. The molecule has 1 saturated heterocycles. The average molecular weight is 342 g/mol. The Morgan fingerprint density at radius 1 is 1.39 bits per heavy atom. The number of hydrogen-bond acceptors (Lipinski definition) is 4. The van der Waals surface area contributed by atoms with Gasteiger partial charge in [0.05, 0.1) is 17.0 Å². The van der Waals surface area contributed by atoms with Gasteiger partial charge in [-0.3, -0.25) is 9.59 Å². The number of anilines is 1. The fourth-order valence-corrected chi connectivity index (χ4v) is 3.43. The molecule has 0 spiro atoms. The van der Waals surface area contributed by atoms with Gasteiger partial charge in [-0.1, -0.05) is 19.1 Å². The molecule has 1 fully saturated rings. The summed E-state index contributed by atoms with van der Waals surface area (Å²) < 4.78 is 34.4. The molecule has 1 aliphatic heterocycles. The zero-order valence-electron chi connectivity index (χ0n) is 12.8. The van der Waals surface area contributed by atoms with Gasteiger partial charge in [0.1, 0.15) is 0 Å². The highest BCUT2D eigenvalue weighted by atomic mass is 32.3. The lowest BCUT2D eigenvalue weighted by atomic mass is 10.1. The van der Waals surface area contributed by atoms with Crippen LogP contribution in [0, 0.1) is 5.92 Å². The van der Waals surface area contributed by atoms with Gasteiger partial charge in [0.2, 0.25) is 5.91 Å². The molecule has 1 unspecified atom stereocenters. The minimum absolute atomic E-state index is 0.0476. The van der Waals surface area contributed by atoms with Gasteiger partial charge in [0, 0.05) is 25.4 Å². The van der Waals surface area contributed by atoms with Crippen molar-refractivity contribution in [2.75, 3.05) is 23.7 Å². The lowest BCUT2D eigenvalue weighted by Crippen LogP contribution is -2.30. The fourth-order valence-electron chi connectivity index (χ4n) is 2.64. The largest absolute Gasteiger partial charge is 0.352 e. The van der Waals surface area contributed by atoms with E-state index in [1.54, 1.807) is 24.3 Å². The summed E-state index contributed by atoms with van der Waals surface area (Å²) in [6.45, 7) is 2.53. The molecular weight excluding hydrogens is 323 g/mol. The van der Waals surface area contributed by atoms with Crippen molar-refractivity contribution in [3.63, 3.8) is 0 Å². The van der Waals surface area contributed by atoms with E-state index in [0.29, 0.717) is 17.8 Å². The number of benzene rings is 1. The van der Waals surface area contributed by atoms with Crippen molar-refractivity contribution in [2.24, 2.45) is 5.92 Å². The normalized spacial score (nSPS) is 18.3. The molecule has 23 heavy (non-hydrogen) atoms. The van der Waals surface area contributed by atoms with Crippen molar-refractivity contribution in [1.29, 1.82) is 0 Å². The fraction of sp³-hybridized carbons (Fsp3) is 0.467. The van der Waals surface area contributed by atoms with E-state index >= 15 is 0 Å². The van der Waals surface area contributed by atoms with Crippen molar-refractivity contribution in [3.8, 4) is 0 Å². The second-order valence-corrected chi connectivity index (χ2v) is 6.96. The van der Waals surface area contributed by atoms with Gasteiger partial charge in [0.15, 0.2) is 0 Å². The zero-order valence-corrected chi connectivity index (χ0v) is 13.6. The first-order valence-electron chi connectivity index (χ1n) is 7.41. The van der Waals surface area contributed by atoms with Crippen molar-refractivity contribution in [2.45, 2.75) is 19.8 Å². The minimum Gasteiger partial charge on any atom is -0.352 e. The van der Waals surface area contributed by atoms with Gasteiger partial charge in [-0.2, -0.15) is 8.42 Å². The van der Waals surface area contributed by atoms with Gasteiger partial charge in [-0.15, -0.1) is 3.89 Å². The van der Waals surface area contributed by atoms with E-state index in [0.717, 1.165) is 6.42 Å². The van der Waals surface area contributed by atoms with E-state index < -0.39 is 21.9 Å². The van der Waals surface area contributed by atoms with Crippen LogP contribution in [0.25, 0.3) is 0 Å². The number of amides is 2. The molecule has 0 radical (unpaired) electrons. The van der Waals surface area contributed by atoms with Crippen LogP contribution in [-0.4, -0.2) is 39.1 Å². The van der Waals surface area contributed by atoms with E-state index in [-0.39, 0.29) is 24.8 Å². The molecule has 6 nitrogen and oxygen atoms in total. The maximum Gasteiger partial charge on any atom is 0.302 e. The number of para-hydroxylation sites is 1. The second kappa shape index (κ2) is 7.08. The van der Waals surface area contributed by atoms with Gasteiger partial charge in [-0.25, -0.2) is 0 Å². The molecule has 126 valence electrons. The lowest BCUT2D eigenvalue weighted by molar-refractivity contribution is -0.117. The Balaban J connectivity index is 2.22. The maximum absolute atomic E-state index is 12.8. The predicted octanol–water partition coefficient (Wildman–Crippen LogP) is 1.48. The third-order valence-corrected chi connectivity index (χ3v) is 4.48. The third-order valence-electron chi connectivity index (χ3n) is 3.61. The van der Waals surface area contributed by atoms with Crippen LogP contribution in [0.4, 0.5) is 9.57 Å². The van der Waals surface area contributed by atoms with Crippen LogP contribution < -0.4 is 10.2 Å². The Kier molecular flexibility index (Phi) is 5.35. The number of halogens is 1. The highest BCUT2D eigenvalue weighted by Gasteiger charge is 2.35. The number of hydrogen-bond donors (Lipinski definition) is 1. The zero-order chi connectivity index (χ0) is 17.0. The summed E-state index contributed by atoms with van der Waals surface area (Å²) in [7, 11) is -4.63. The Morgan fingerprint density at radius 2 is 2.09 bits per heavy atom. The predicted molar refractivity (Wildman–Crippen MR) is 84.4 cm³/mol. The quantitative estimate of drug-likeness (QED) is 0.794. The Bertz CT molecular complexity index is 705. The highest BCUT2D eigenvalue weighted by Crippen LogP contribution is 2.29. The summed E-state index contributed by atoms with van der Waals surface area (Å²) in [6.07, 6.45) is 0.737. The van der Waals surface area contributed by atoms with Crippen molar-refractivity contribution >= 4 is 27.7 Å². The molecule has 1 aromatic carbocycles. The van der Waals surface area contributed by atoms with Gasteiger partial charge < -0.3 is 10.2 Å². The van der Waals surface area contributed by atoms with Crippen LogP contribution in [0.2, 0.25) is 0 Å². The summed E-state index contributed by atoms with van der Waals surface area (Å²) in [5.74, 6) is -1.89. The molecule has 0 bridgehead atoms. The van der Waals surface area contributed by atoms with E-state index in [1.165, 1.54) is 4.90 Å². The summed E-state index contributed by atoms with van der Waals surface area (Å²) >= 11 is 0. The molecule has 2 rings (SSSR count). The van der Waals surface area contributed by atoms with Crippen LogP contribution in [0.1, 0.15) is 30.1 Å². The summed E-state index contributed by atoms with van der Waals surface area (Å²) in [5.41, 5.74) is 0.767. The third kappa shape index (κ3) is 4.51. The lowest BCUT2D eigenvalue weighted by Gasteiger charge is -2.20. The van der Waals surface area contributed by atoms with E-state index in [4.69, 9.17) is 0 Å². The molecule has 0 saturated carbocycles. The van der Waals surface area contributed by atoms with Crippen molar-refractivity contribution in [3.05, 3.63) is 29.8 Å². The monoisotopic (exact) mass is 342 g/mol. The number of nitrogens with one attached hydrogen (secondary N) is 1. The smallest absolute Gasteiger partial charge is 0.302 e. The summed E-state index contributed by atoms with van der Waals surface area (Å²) in [4.78, 5) is 25.7. The minimum atomic E-state index is -4.63. The molecule has 8 heteroatoms. The molecule has 2 amide bonds. The van der Waals surface area contributed by atoms with E-state index in [1.807, 2.05) is 6.92 Å². The number of rotatable bonds is 6. The Labute approximate surface area is 134 Å². The Morgan fingerprint density at radius 3 is 2.74 bits per heavy atom. The average Bonchev–Trinajstić information content (AvgIpc) is 2.83. The molecule has 1 aliphatic rings. The Hall–Kier alpha value is -1.96. The second-order valence-electron chi connectivity index (χ2n) is 5.55. The molecule has 1 heterocycles. The van der Waals surface area contributed by atoms with Gasteiger partial charge in [-0.05, 0) is 18.6 Å². The molecular formula is C15H19FN2O4S. The van der Waals surface area contributed by atoms with Crippen LogP contribution in [0.5, 0.6) is 0 Å². The topological polar surface area (TPSA) is 83.6 Å². The molecule has 1 N–H and O–H groups in total. The standard InChI is InChI=1S/C15H19FN2O4S/c1-2-7-17-15(20)12-5-3-4-6-13(12)18-9-11(8-14(18)19)10-23(16,21)22/h3-6,11H,2,7-10H2,1H3,(H,17,20). The highest BCUT2D eigenvalue weighted by molar-refractivity contribution is 7.86. The first kappa shape index (κ1) is 17.4. The van der Waals surface area contributed by atoms with E-state index in [2.05, 4.69) is 5.32 Å².